The maximum Gasteiger partial charge on any atom is 3.00 e. The summed E-state index contributed by atoms with van der Waals surface area (Å²) in [4.78, 5) is 3.01. The number of β-amino-alcohol motifs (C(OH)–C–C–N with tert-alkyl or cyclic N) is 2. The van der Waals surface area contributed by atoms with Gasteiger partial charge in [0, 0.05) is 17.1 Å². The van der Waals surface area contributed by atoms with Gasteiger partial charge in [-0.1, -0.05) is 109 Å². The zero-order valence-corrected chi connectivity index (χ0v) is 71.6. The molecule has 6 unspecified atom stereocenters. The number of halogens is 27. The summed E-state index contributed by atoms with van der Waals surface area (Å²) in [5.74, 6) is 0.893. The van der Waals surface area contributed by atoms with Crippen molar-refractivity contribution in [3.05, 3.63) is 234 Å². The number of hydrogen-bond donors (Lipinski definition) is 3. The van der Waals surface area contributed by atoms with Crippen LogP contribution in [-0.2, 0) is 94.8 Å². The smallest absolute Gasteiger partial charge is 0.497 e. The summed E-state index contributed by atoms with van der Waals surface area (Å²) in [6, 6.07) is 54.0. The molecule has 1 saturated heterocycles. The second-order valence-electron chi connectivity index (χ2n) is 27.3. The Morgan fingerprint density at radius 3 is 0.932 bits per heavy atom. The molecule has 9 aromatic carbocycles. The predicted octanol–water partition coefficient (Wildman–Crippen LogP) is 22.9. The van der Waals surface area contributed by atoms with E-state index in [0.717, 1.165) is 52.1 Å². The minimum atomic E-state index is -5.09. The Morgan fingerprint density at radius 2 is 0.654 bits per heavy atom. The minimum Gasteiger partial charge on any atom is -0.497 e. The number of anilines is 3. The minimum absolute atomic E-state index is 0. The van der Waals surface area contributed by atoms with E-state index >= 15 is 0 Å². The number of hydrogen-bond acceptors (Lipinski definition) is 24. The predicted molar refractivity (Wildman–Crippen MR) is 414 cm³/mol. The van der Waals surface area contributed by atoms with Gasteiger partial charge in [-0.2, -0.15) is 39.5 Å². The molecule has 0 saturated carbocycles. The maximum absolute atomic E-state index is 13.3. The largest absolute Gasteiger partial charge is 3.00 e. The van der Waals surface area contributed by atoms with Crippen LogP contribution in [0.5, 0.6) is 34.5 Å². The van der Waals surface area contributed by atoms with Crippen LogP contribution in [0, 0.1) is 46.9 Å². The number of benzene rings is 9. The van der Waals surface area contributed by atoms with E-state index in [1.807, 2.05) is 36.4 Å². The number of nitrogens with one attached hydrogen (secondary N) is 1. The normalized spacial score (nSPS) is 16.5. The van der Waals surface area contributed by atoms with Crippen molar-refractivity contribution in [2.45, 2.75) is 132 Å². The quantitative estimate of drug-likeness (QED) is 0.0386. The van der Waals surface area contributed by atoms with Gasteiger partial charge in [0.2, 0.25) is 0 Å². The fourth-order valence-corrected chi connectivity index (χ4v) is 13.8. The number of ether oxygens (including phenoxy) is 7. The van der Waals surface area contributed by atoms with Crippen LogP contribution in [0.1, 0.15) is 70.8 Å². The number of fused-ring (bicyclic) bond motifs is 3. The van der Waals surface area contributed by atoms with Gasteiger partial charge in [-0.15, -0.1) is 79.0 Å². The van der Waals surface area contributed by atoms with E-state index in [2.05, 4.69) is 42.9 Å². The molecule has 1 fully saturated rings. The third-order valence-corrected chi connectivity index (χ3v) is 19.4. The topological polar surface area (TPSA) is 257 Å². The van der Waals surface area contributed by atoms with Gasteiger partial charge < -0.3 is 96.3 Å². The molecule has 9 aromatic rings. The van der Waals surface area contributed by atoms with Crippen LogP contribution < -0.4 is 43.5 Å². The molecule has 0 spiro atoms. The summed E-state index contributed by atoms with van der Waals surface area (Å²) in [6.07, 6.45) is -46.7. The third kappa shape index (κ3) is 37.9. The Bertz CT molecular complexity index is 5220. The summed E-state index contributed by atoms with van der Waals surface area (Å²) >= 11 is 0. The average molecular weight is 2150 g/mol. The Hall–Kier alpha value is -9.58. The molecule has 3 N–H and O–H groups in total. The molecule has 0 aliphatic carbocycles. The van der Waals surface area contributed by atoms with Crippen LogP contribution >= 0.6 is 0 Å². The van der Waals surface area contributed by atoms with Crippen LogP contribution in [0.4, 0.5) is 136 Å². The van der Waals surface area contributed by atoms with Crippen LogP contribution in [-0.4, -0.2) is 126 Å². The van der Waals surface area contributed by atoms with E-state index in [1.54, 1.807) is 116 Å². The van der Waals surface area contributed by atoms with Gasteiger partial charge in [0.1, 0.15) is 34.5 Å². The molecule has 4 aliphatic heterocycles. The fourth-order valence-electron chi connectivity index (χ4n) is 13.4. The number of alkyl halides is 27. The first-order valence-corrected chi connectivity index (χ1v) is 40.1. The summed E-state index contributed by atoms with van der Waals surface area (Å²) in [6.45, 7) is -1.57. The van der Waals surface area contributed by atoms with Gasteiger partial charge >= 0.3 is 104 Å². The van der Waals surface area contributed by atoms with Crippen molar-refractivity contribution >= 4 is 50.0 Å². The molecule has 52 heteroatoms. The molecule has 21 nitrogen and oxygen atoms in total. The molecular formula is C81H69F27N3O18S3Yb. The number of aliphatic hydroxyl groups is 2. The number of methoxy groups -OCH3 is 3. The van der Waals surface area contributed by atoms with E-state index in [9.17, 15) is 129 Å². The number of rotatable bonds is 19. The van der Waals surface area contributed by atoms with Crippen LogP contribution in [0.3, 0.4) is 0 Å². The van der Waals surface area contributed by atoms with Crippen molar-refractivity contribution in [2.24, 2.45) is 0 Å². The van der Waals surface area contributed by atoms with E-state index in [1.165, 1.54) is 72.6 Å². The van der Waals surface area contributed by atoms with E-state index in [4.69, 9.17) is 39.5 Å². The standard InChI is InChI=1S/2C26H23F6NO3.C23H20F3NO2.C3H3F3O.3CF3O3S.Yb/c2*1-35-18-7-3-6-17(14-18)22-12-11-21-20(16-5-2-8-19(13-16)36-26(30,31)32)9-4-10-23(21)33(22)15-24(34)25(27,28)29;1-28-17-7-3-6-16(14-17)21-12-11-20-19(9-4-10-22(20)27-21)15-5-2-8-18(13-15)29-23(24,25)26;4-3(5,6)2-1-7-2;3*2-1(3,4)7-8(5)6;/h2*2-10,13-14,22,24,34H,11-12,15H2,1H3;2-10,13-14,21,27H,11-12H2,1H3;2H,1H2;;;;/q;;;;3*-1;+3. The van der Waals surface area contributed by atoms with Gasteiger partial charge in [0.05, 0.1) is 92.1 Å². The van der Waals surface area contributed by atoms with Gasteiger partial charge in [-0.25, -0.2) is 0 Å². The fraction of sp³-hybridized carbons (Fsp3) is 0.333. The number of epoxide rings is 1. The van der Waals surface area contributed by atoms with Gasteiger partial charge in [0.15, 0.2) is 18.3 Å². The van der Waals surface area contributed by atoms with E-state index < -0.39 is 145 Å². The number of nitrogens with zero attached hydrogens (tertiary/aromatic N) is 2. The van der Waals surface area contributed by atoms with Crippen molar-refractivity contribution in [1.82, 2.24) is 0 Å². The Labute approximate surface area is 780 Å². The average Bonchev–Trinajstić information content (AvgIpc) is 1.50. The monoisotopic (exact) mass is 2150 g/mol. The van der Waals surface area contributed by atoms with Crippen molar-refractivity contribution in [1.29, 1.82) is 0 Å². The second kappa shape index (κ2) is 48.2. The first-order chi connectivity index (χ1) is 61.2. The summed E-state index contributed by atoms with van der Waals surface area (Å²) < 4.78 is 417. The molecule has 737 valence electrons. The summed E-state index contributed by atoms with van der Waals surface area (Å²) in [5, 5.41) is 23.5. The van der Waals surface area contributed by atoms with Crippen molar-refractivity contribution < 1.29 is 247 Å². The zero-order chi connectivity index (χ0) is 98.5. The maximum atomic E-state index is 13.3. The molecule has 1 radical (unpaired) electrons. The Morgan fingerprint density at radius 1 is 0.368 bits per heavy atom. The first-order valence-electron chi connectivity index (χ1n) is 37.1. The third-order valence-electron chi connectivity index (χ3n) is 18.5. The molecule has 133 heavy (non-hydrogen) atoms. The second-order valence-corrected chi connectivity index (χ2v) is 29.0. The summed E-state index contributed by atoms with van der Waals surface area (Å²) in [7, 11) is -5.91. The zero-order valence-electron chi connectivity index (χ0n) is 67.4. The van der Waals surface area contributed by atoms with Gasteiger partial charge in [-0.05, 0) is 196 Å². The van der Waals surface area contributed by atoms with Crippen LogP contribution in [0.15, 0.2) is 200 Å². The van der Waals surface area contributed by atoms with Gasteiger partial charge in [-0.3, -0.25) is 0 Å². The Balaban J connectivity index is 0.000000263. The summed E-state index contributed by atoms with van der Waals surface area (Å²) in [5.41, 5.74) is 10.6. The van der Waals surface area contributed by atoms with Crippen molar-refractivity contribution in [2.75, 3.05) is 56.1 Å². The van der Waals surface area contributed by atoms with Crippen molar-refractivity contribution in [3.8, 4) is 67.9 Å². The van der Waals surface area contributed by atoms with E-state index in [-0.39, 0.29) is 65.3 Å². The Kier molecular flexibility index (Phi) is 40.7. The first kappa shape index (κ1) is 112. The number of aliphatic hydroxyl groups excluding tert-OH is 2. The molecule has 4 aliphatic rings. The van der Waals surface area contributed by atoms with Crippen LogP contribution in [0.25, 0.3) is 33.4 Å². The molecule has 0 aromatic heterocycles. The molecule has 0 bridgehead atoms. The molecule has 6 atom stereocenters. The van der Waals surface area contributed by atoms with Gasteiger partial charge in [0.25, 0.3) is 0 Å². The SMILES string of the molecule is COc1cccc(C2CCc3c(-c4cccc(OC(F)(F)F)c4)cccc3N2CC(O)C(F)(F)F)c1.COc1cccc(C2CCc3c(-c4cccc(OC(F)(F)F)c4)cccc3N2CC(O)C(F)(F)F)c1.COc1cccc(C2CCc3c(cccc3-c3cccc(OC(F)(F)F)c3)N2)c1.FC(F)(F)C1CO1.O=[S-](=O)OC(F)(F)F.O=[S-](=O)OC(F)(F)F.O=[S-](=O)OC(F)(F)F.[Yb+3]. The molecule has 4 heterocycles. The molecular weight excluding hydrogens is 2090 g/mol. The molecule has 13 rings (SSSR count). The van der Waals surface area contributed by atoms with Crippen molar-refractivity contribution in [3.63, 3.8) is 0 Å². The molecule has 0 amide bonds. The van der Waals surface area contributed by atoms with Crippen LogP contribution in [0.2, 0.25) is 0 Å². The van der Waals surface area contributed by atoms with E-state index in [0.29, 0.717) is 87.5 Å².